The predicted molar refractivity (Wildman–Crippen MR) is 100 cm³/mol. The number of carbonyl (C=O) groups is 3. The molecule has 0 saturated carbocycles. The summed E-state index contributed by atoms with van der Waals surface area (Å²) in [6, 6.07) is 11.0. The molecular weight excluding hydrogens is 360 g/mol. The monoisotopic (exact) mass is 380 g/mol. The lowest BCUT2D eigenvalue weighted by atomic mass is 10.1. The number of Topliss-reactive ketones (excluding diaryl/α,β-unsaturated/α-hetero) is 1. The summed E-state index contributed by atoms with van der Waals surface area (Å²) < 4.78 is 10.7. The number of H-pyrrole nitrogens is 1. The first-order valence-electron chi connectivity index (χ1n) is 9.14. The van der Waals surface area contributed by atoms with Crippen LogP contribution in [-0.2, 0) is 20.9 Å². The Morgan fingerprint density at radius 3 is 2.89 bits per heavy atom. The van der Waals surface area contributed by atoms with Gasteiger partial charge in [-0.05, 0) is 25.1 Å². The summed E-state index contributed by atoms with van der Waals surface area (Å²) in [6.45, 7) is 2.13. The molecule has 7 nitrogen and oxygen atoms in total. The van der Waals surface area contributed by atoms with E-state index in [4.69, 9.17) is 9.15 Å². The van der Waals surface area contributed by atoms with Crippen LogP contribution in [-0.4, -0.2) is 40.2 Å². The van der Waals surface area contributed by atoms with Crippen LogP contribution < -0.4 is 0 Å². The summed E-state index contributed by atoms with van der Waals surface area (Å²) in [4.78, 5) is 42.0. The van der Waals surface area contributed by atoms with Gasteiger partial charge in [-0.25, -0.2) is 0 Å². The van der Waals surface area contributed by atoms with Crippen LogP contribution in [0.2, 0.25) is 0 Å². The molecule has 0 radical (unpaired) electrons. The zero-order valence-electron chi connectivity index (χ0n) is 15.4. The van der Waals surface area contributed by atoms with Crippen LogP contribution in [0.15, 0.2) is 53.3 Å². The third-order valence-electron chi connectivity index (χ3n) is 4.99. The van der Waals surface area contributed by atoms with E-state index in [1.165, 1.54) is 0 Å². The van der Waals surface area contributed by atoms with Crippen molar-refractivity contribution in [3.05, 3.63) is 60.2 Å². The van der Waals surface area contributed by atoms with Crippen LogP contribution in [0, 0.1) is 5.92 Å². The topological polar surface area (TPSA) is 92.6 Å². The summed E-state index contributed by atoms with van der Waals surface area (Å²) in [7, 11) is 0. The molecule has 4 rings (SSSR count). The molecule has 0 unspecified atom stereocenters. The van der Waals surface area contributed by atoms with E-state index >= 15 is 0 Å². The van der Waals surface area contributed by atoms with E-state index in [1.54, 1.807) is 36.4 Å². The first kappa shape index (κ1) is 18.0. The quantitative estimate of drug-likeness (QED) is 0.524. The van der Waals surface area contributed by atoms with E-state index in [-0.39, 0.29) is 24.7 Å². The molecule has 1 aliphatic heterocycles. The highest BCUT2D eigenvalue weighted by Gasteiger charge is 2.37. The maximum Gasteiger partial charge on any atom is 0.311 e. The number of ether oxygens (including phenoxy) is 1. The van der Waals surface area contributed by atoms with Crippen molar-refractivity contribution in [2.45, 2.75) is 26.0 Å². The van der Waals surface area contributed by atoms with Gasteiger partial charge in [-0.2, -0.15) is 0 Å². The smallest absolute Gasteiger partial charge is 0.311 e. The predicted octanol–water partition coefficient (Wildman–Crippen LogP) is 2.92. The number of amides is 1. The fourth-order valence-electron chi connectivity index (χ4n) is 3.49. The van der Waals surface area contributed by atoms with Gasteiger partial charge < -0.3 is 19.0 Å². The number of likely N-dealkylation sites (tertiary alicyclic amines) is 1. The first-order valence-corrected chi connectivity index (χ1v) is 9.14. The largest absolute Gasteiger partial charge is 0.467 e. The molecule has 1 amide bonds. The zero-order chi connectivity index (χ0) is 19.7. The molecule has 3 heterocycles. The maximum atomic E-state index is 12.7. The molecule has 0 aliphatic carbocycles. The number of benzene rings is 1. The second kappa shape index (κ2) is 7.34. The van der Waals surface area contributed by atoms with E-state index in [1.807, 2.05) is 24.3 Å². The summed E-state index contributed by atoms with van der Waals surface area (Å²) in [6.07, 6.45) is 2.32. The third kappa shape index (κ3) is 3.43. The van der Waals surface area contributed by atoms with Crippen molar-refractivity contribution in [3.8, 4) is 0 Å². The summed E-state index contributed by atoms with van der Waals surface area (Å²) in [5.74, 6) is -0.863. The second-order valence-electron chi connectivity index (χ2n) is 6.95. The fourth-order valence-corrected chi connectivity index (χ4v) is 3.49. The van der Waals surface area contributed by atoms with E-state index in [0.29, 0.717) is 17.9 Å². The maximum absolute atomic E-state index is 12.7. The lowest BCUT2D eigenvalue weighted by Crippen LogP contribution is -2.30. The van der Waals surface area contributed by atoms with Crippen LogP contribution in [0.3, 0.4) is 0 Å². The Balaban J connectivity index is 1.39. The highest BCUT2D eigenvalue weighted by atomic mass is 16.5. The van der Waals surface area contributed by atoms with Crippen molar-refractivity contribution < 1.29 is 23.5 Å². The second-order valence-corrected chi connectivity index (χ2v) is 6.95. The van der Waals surface area contributed by atoms with Crippen molar-refractivity contribution in [2.75, 3.05) is 6.54 Å². The number of nitrogens with one attached hydrogen (secondary N) is 1. The van der Waals surface area contributed by atoms with Crippen molar-refractivity contribution in [1.82, 2.24) is 9.88 Å². The molecule has 1 fully saturated rings. The van der Waals surface area contributed by atoms with E-state index in [2.05, 4.69) is 4.98 Å². The van der Waals surface area contributed by atoms with Crippen molar-refractivity contribution in [3.63, 3.8) is 0 Å². The number of aromatic amines is 1. The molecule has 1 aliphatic rings. The Hall–Kier alpha value is -3.35. The van der Waals surface area contributed by atoms with Gasteiger partial charge in [-0.1, -0.05) is 18.2 Å². The average molecular weight is 380 g/mol. The number of carbonyl (C=O) groups excluding carboxylic acids is 3. The normalized spacial score (nSPS) is 17.8. The third-order valence-corrected chi connectivity index (χ3v) is 4.99. The summed E-state index contributed by atoms with van der Waals surface area (Å²) in [5.41, 5.74) is 1.33. The molecule has 3 aromatic rings. The zero-order valence-corrected chi connectivity index (χ0v) is 15.4. The van der Waals surface area contributed by atoms with E-state index in [0.717, 1.165) is 10.9 Å². The van der Waals surface area contributed by atoms with Gasteiger partial charge >= 0.3 is 5.97 Å². The van der Waals surface area contributed by atoms with Crippen LogP contribution >= 0.6 is 0 Å². The van der Waals surface area contributed by atoms with E-state index in [9.17, 15) is 14.4 Å². The molecule has 28 heavy (non-hydrogen) atoms. The van der Waals surface area contributed by atoms with Crippen molar-refractivity contribution >= 4 is 28.6 Å². The minimum atomic E-state index is -0.930. The molecular formula is C21H20N2O5. The number of esters is 1. The standard InChI is InChI=1S/C21H20N2O5/c1-13(20(25)17-10-22-18-7-3-2-6-16(17)18)28-21(26)14-9-19(24)23(11-14)12-15-5-4-8-27-15/h2-8,10,13-14,22H,9,11-12H2,1H3/t13-,14+/m1/s1. The minimum Gasteiger partial charge on any atom is -0.467 e. The van der Waals surface area contributed by atoms with Gasteiger partial charge in [0.2, 0.25) is 11.7 Å². The Labute approximate surface area is 161 Å². The number of ketones is 1. The molecule has 7 heteroatoms. The number of para-hydroxylation sites is 1. The van der Waals surface area contributed by atoms with Crippen LogP contribution in [0.25, 0.3) is 10.9 Å². The molecule has 0 bridgehead atoms. The Morgan fingerprint density at radius 1 is 1.29 bits per heavy atom. The van der Waals surface area contributed by atoms with Gasteiger partial charge in [-0.3, -0.25) is 14.4 Å². The lowest BCUT2D eigenvalue weighted by Gasteiger charge is -2.16. The lowest BCUT2D eigenvalue weighted by molar-refractivity contribution is -0.151. The van der Waals surface area contributed by atoms with Gasteiger partial charge in [0, 0.05) is 35.6 Å². The van der Waals surface area contributed by atoms with Gasteiger partial charge in [0.1, 0.15) is 5.76 Å². The number of furan rings is 1. The number of aromatic nitrogens is 1. The SMILES string of the molecule is C[C@@H](OC(=O)[C@H]1CC(=O)N(Cc2ccco2)C1)C(=O)c1c[nH]c2ccccc12. The molecule has 144 valence electrons. The fraction of sp³-hybridized carbons (Fsp3) is 0.286. The molecule has 0 spiro atoms. The Bertz CT molecular complexity index is 1020. The highest BCUT2D eigenvalue weighted by Crippen LogP contribution is 2.24. The van der Waals surface area contributed by atoms with Crippen molar-refractivity contribution in [1.29, 1.82) is 0 Å². The van der Waals surface area contributed by atoms with Gasteiger partial charge in [0.25, 0.3) is 0 Å². The minimum absolute atomic E-state index is 0.0769. The number of nitrogens with zero attached hydrogens (tertiary/aromatic N) is 1. The van der Waals surface area contributed by atoms with Crippen LogP contribution in [0.1, 0.15) is 29.5 Å². The number of hydrogen-bond acceptors (Lipinski definition) is 5. The molecule has 2 atom stereocenters. The highest BCUT2D eigenvalue weighted by molar-refractivity contribution is 6.10. The average Bonchev–Trinajstić information content (AvgIpc) is 3.42. The van der Waals surface area contributed by atoms with Crippen molar-refractivity contribution in [2.24, 2.45) is 5.92 Å². The number of fused-ring (bicyclic) bond motifs is 1. The summed E-state index contributed by atoms with van der Waals surface area (Å²) in [5, 5.41) is 0.788. The number of rotatable bonds is 6. The van der Waals surface area contributed by atoms with Crippen LogP contribution in [0.4, 0.5) is 0 Å². The Morgan fingerprint density at radius 2 is 2.11 bits per heavy atom. The molecule has 1 saturated heterocycles. The Kier molecular flexibility index (Phi) is 4.73. The first-order chi connectivity index (χ1) is 13.5. The molecule has 2 aromatic heterocycles. The van der Waals surface area contributed by atoms with Gasteiger partial charge in [0.15, 0.2) is 6.10 Å². The van der Waals surface area contributed by atoms with Gasteiger partial charge in [-0.15, -0.1) is 0 Å². The number of hydrogen-bond donors (Lipinski definition) is 1. The molecule has 1 aromatic carbocycles. The van der Waals surface area contributed by atoms with E-state index < -0.39 is 18.0 Å². The van der Waals surface area contributed by atoms with Gasteiger partial charge in [0.05, 0.1) is 18.7 Å². The van der Waals surface area contributed by atoms with Crippen LogP contribution in [0.5, 0.6) is 0 Å². The summed E-state index contributed by atoms with van der Waals surface area (Å²) >= 11 is 0. The molecule has 1 N–H and O–H groups in total.